The van der Waals surface area contributed by atoms with Crippen LogP contribution in [0.4, 0.5) is 33.5 Å². The van der Waals surface area contributed by atoms with Gasteiger partial charge in [0.2, 0.25) is 0 Å². The average Bonchev–Trinajstić information content (AvgIpc) is 3.06. The van der Waals surface area contributed by atoms with Gasteiger partial charge in [-0.2, -0.15) is 5.10 Å². The average molecular weight is 468 g/mol. The van der Waals surface area contributed by atoms with E-state index in [0.717, 1.165) is 18.2 Å². The van der Waals surface area contributed by atoms with Crippen LogP contribution in [0.2, 0.25) is 0 Å². The van der Waals surface area contributed by atoms with Gasteiger partial charge in [-0.15, -0.1) is 0 Å². The number of fused-ring (bicyclic) bond motifs is 1. The number of aromatic nitrogens is 3. The standard InChI is InChI=1S/C20H17F5N6S/c21-10-1-2-13(23)12(5-10)15-6-11(22)9-30(15)17-3-4-31-18(29-17)14(8-26-31)27-19(32)28-16-7-20(16,24)25/h1-5,8,11,15-16H,6-7,9H2,(H2,27,28,32)/t11-,15+,16?/m0/s1. The van der Waals surface area contributed by atoms with Crippen molar-refractivity contribution in [1.82, 2.24) is 19.9 Å². The van der Waals surface area contributed by atoms with E-state index in [-0.39, 0.29) is 30.1 Å². The molecule has 168 valence electrons. The van der Waals surface area contributed by atoms with Crippen LogP contribution in [0.5, 0.6) is 0 Å². The third-order valence-electron chi connectivity index (χ3n) is 5.60. The van der Waals surface area contributed by atoms with Crippen molar-refractivity contribution < 1.29 is 22.0 Å². The number of hydrogen-bond donors (Lipinski definition) is 2. The highest BCUT2D eigenvalue weighted by Crippen LogP contribution is 2.42. The Morgan fingerprint density at radius 1 is 1.22 bits per heavy atom. The van der Waals surface area contributed by atoms with Gasteiger partial charge in [-0.3, -0.25) is 0 Å². The lowest BCUT2D eigenvalue weighted by molar-refractivity contribution is 0.110. The molecule has 12 heteroatoms. The van der Waals surface area contributed by atoms with Gasteiger partial charge in [-0.1, -0.05) is 0 Å². The minimum atomic E-state index is -2.78. The summed E-state index contributed by atoms with van der Waals surface area (Å²) >= 11 is 5.09. The lowest BCUT2D eigenvalue weighted by atomic mass is 10.0. The Balaban J connectivity index is 1.43. The molecule has 0 amide bonds. The maximum atomic E-state index is 14.4. The molecule has 3 heterocycles. The lowest BCUT2D eigenvalue weighted by Crippen LogP contribution is -2.33. The van der Waals surface area contributed by atoms with E-state index in [9.17, 15) is 22.0 Å². The second kappa shape index (κ2) is 7.54. The van der Waals surface area contributed by atoms with Crippen LogP contribution in [0.15, 0.2) is 36.7 Å². The molecular weight excluding hydrogens is 451 g/mol. The molecular formula is C20H17F5N6S. The Hall–Kier alpha value is -3.02. The SMILES string of the molecule is Fc1ccc(F)c([C@H]2C[C@H](F)CN2c2ccn3ncc(NC(=S)NC4CC4(F)F)c3n2)c1. The van der Waals surface area contributed by atoms with Gasteiger partial charge in [0, 0.05) is 24.6 Å². The van der Waals surface area contributed by atoms with Crippen LogP contribution in [0, 0.1) is 11.6 Å². The largest absolute Gasteiger partial charge is 0.353 e. The van der Waals surface area contributed by atoms with Gasteiger partial charge >= 0.3 is 0 Å². The molecule has 2 aliphatic rings. The zero-order valence-corrected chi connectivity index (χ0v) is 17.2. The first-order chi connectivity index (χ1) is 15.2. The highest BCUT2D eigenvalue weighted by Gasteiger charge is 2.57. The molecule has 1 saturated heterocycles. The van der Waals surface area contributed by atoms with Crippen molar-refractivity contribution in [2.45, 2.75) is 37.0 Å². The first kappa shape index (κ1) is 20.9. The molecule has 1 saturated carbocycles. The van der Waals surface area contributed by atoms with Crippen LogP contribution in [0.3, 0.4) is 0 Å². The number of anilines is 2. The Labute approximate surface area is 184 Å². The van der Waals surface area contributed by atoms with Crippen molar-refractivity contribution in [2.24, 2.45) is 0 Å². The Kier molecular flexibility index (Phi) is 4.91. The van der Waals surface area contributed by atoms with Gasteiger partial charge in [0.1, 0.15) is 29.3 Å². The molecule has 3 aromatic rings. The number of rotatable bonds is 4. The van der Waals surface area contributed by atoms with Gasteiger partial charge in [0.05, 0.1) is 24.8 Å². The van der Waals surface area contributed by atoms with E-state index in [2.05, 4.69) is 20.7 Å². The summed E-state index contributed by atoms with van der Waals surface area (Å²) in [6.07, 6.45) is 1.46. The maximum Gasteiger partial charge on any atom is 0.270 e. The van der Waals surface area contributed by atoms with Crippen LogP contribution in [-0.4, -0.2) is 44.4 Å². The van der Waals surface area contributed by atoms with Crippen LogP contribution in [0.1, 0.15) is 24.4 Å². The molecule has 2 aromatic heterocycles. The zero-order valence-electron chi connectivity index (χ0n) is 16.4. The fourth-order valence-electron chi connectivity index (χ4n) is 3.90. The fourth-order valence-corrected chi connectivity index (χ4v) is 4.15. The summed E-state index contributed by atoms with van der Waals surface area (Å²) in [7, 11) is 0. The fraction of sp³-hybridized carbons (Fsp3) is 0.350. The topological polar surface area (TPSA) is 57.5 Å². The van der Waals surface area contributed by atoms with Gasteiger partial charge in [0.25, 0.3) is 5.92 Å². The molecule has 1 unspecified atom stereocenters. The third kappa shape index (κ3) is 3.83. The molecule has 1 aliphatic heterocycles. The van der Waals surface area contributed by atoms with E-state index in [1.165, 1.54) is 10.7 Å². The monoisotopic (exact) mass is 468 g/mol. The summed E-state index contributed by atoms with van der Waals surface area (Å²) in [5.74, 6) is -3.69. The summed E-state index contributed by atoms with van der Waals surface area (Å²) in [6, 6.07) is 2.92. The first-order valence-corrected chi connectivity index (χ1v) is 10.3. The quantitative estimate of drug-likeness (QED) is 0.446. The minimum Gasteiger partial charge on any atom is -0.353 e. The number of thiocarbonyl (C=S) groups is 1. The van der Waals surface area contributed by atoms with Crippen LogP contribution in [-0.2, 0) is 0 Å². The molecule has 5 rings (SSSR count). The smallest absolute Gasteiger partial charge is 0.270 e. The maximum absolute atomic E-state index is 14.4. The molecule has 0 radical (unpaired) electrons. The molecule has 0 bridgehead atoms. The van der Waals surface area contributed by atoms with Gasteiger partial charge < -0.3 is 15.5 Å². The molecule has 6 nitrogen and oxygen atoms in total. The number of nitrogens with zero attached hydrogens (tertiary/aromatic N) is 4. The highest BCUT2D eigenvalue weighted by molar-refractivity contribution is 7.80. The van der Waals surface area contributed by atoms with Crippen molar-refractivity contribution in [3.8, 4) is 0 Å². The summed E-state index contributed by atoms with van der Waals surface area (Å²) in [5, 5.41) is 9.46. The number of halogens is 5. The first-order valence-electron chi connectivity index (χ1n) is 9.86. The lowest BCUT2D eigenvalue weighted by Gasteiger charge is -2.26. The van der Waals surface area contributed by atoms with Gasteiger partial charge in [0.15, 0.2) is 10.8 Å². The predicted molar refractivity (Wildman–Crippen MR) is 112 cm³/mol. The molecule has 1 aromatic carbocycles. The van der Waals surface area contributed by atoms with Gasteiger partial charge in [-0.25, -0.2) is 31.5 Å². The number of alkyl halides is 3. The molecule has 2 N–H and O–H groups in total. The molecule has 3 atom stereocenters. The second-order valence-corrected chi connectivity index (χ2v) is 8.30. The van der Waals surface area contributed by atoms with E-state index in [0.29, 0.717) is 17.2 Å². The Morgan fingerprint density at radius 3 is 2.75 bits per heavy atom. The Morgan fingerprint density at radius 2 is 2.00 bits per heavy atom. The van der Waals surface area contributed by atoms with E-state index in [4.69, 9.17) is 12.2 Å². The number of nitrogens with one attached hydrogen (secondary N) is 2. The van der Waals surface area contributed by atoms with Crippen LogP contribution < -0.4 is 15.5 Å². The van der Waals surface area contributed by atoms with Crippen LogP contribution in [0.25, 0.3) is 5.65 Å². The molecule has 32 heavy (non-hydrogen) atoms. The summed E-state index contributed by atoms with van der Waals surface area (Å²) in [5.41, 5.74) is 0.724. The molecule has 2 fully saturated rings. The summed E-state index contributed by atoms with van der Waals surface area (Å²) in [6.45, 7) is -0.0442. The number of benzene rings is 1. The van der Waals surface area contributed by atoms with E-state index < -0.39 is 35.8 Å². The van der Waals surface area contributed by atoms with Crippen molar-refractivity contribution >= 4 is 34.5 Å². The van der Waals surface area contributed by atoms with E-state index >= 15 is 0 Å². The molecule has 0 spiro atoms. The second-order valence-electron chi connectivity index (χ2n) is 7.90. The predicted octanol–water partition coefficient (Wildman–Crippen LogP) is 3.99. The van der Waals surface area contributed by atoms with Crippen LogP contribution >= 0.6 is 12.2 Å². The highest BCUT2D eigenvalue weighted by atomic mass is 32.1. The third-order valence-corrected chi connectivity index (χ3v) is 5.82. The van der Waals surface area contributed by atoms with E-state index in [1.54, 1.807) is 17.2 Å². The zero-order chi connectivity index (χ0) is 22.6. The van der Waals surface area contributed by atoms with Crippen molar-refractivity contribution in [2.75, 3.05) is 16.8 Å². The normalized spacial score (nSPS) is 24.0. The number of hydrogen-bond acceptors (Lipinski definition) is 4. The van der Waals surface area contributed by atoms with Crippen molar-refractivity contribution in [3.63, 3.8) is 0 Å². The minimum absolute atomic E-state index is 0.000943. The molecule has 1 aliphatic carbocycles. The Bertz CT molecular complexity index is 1200. The van der Waals surface area contributed by atoms with E-state index in [1.807, 2.05) is 0 Å². The van der Waals surface area contributed by atoms with Crippen molar-refractivity contribution in [1.29, 1.82) is 0 Å². The summed E-state index contributed by atoms with van der Waals surface area (Å²) < 4.78 is 70.1. The van der Waals surface area contributed by atoms with Crippen molar-refractivity contribution in [3.05, 3.63) is 53.9 Å². The summed E-state index contributed by atoms with van der Waals surface area (Å²) in [4.78, 5) is 6.07. The van der Waals surface area contributed by atoms with Gasteiger partial charge in [-0.05, 0) is 36.5 Å².